The molecule has 0 saturated heterocycles. The molecule has 0 aliphatic heterocycles. The number of H-pyrrole nitrogens is 1. The molecular weight excluding hydrogens is 232 g/mol. The summed E-state index contributed by atoms with van der Waals surface area (Å²) >= 11 is 0. The Bertz CT molecular complexity index is 505. The van der Waals surface area contributed by atoms with Gasteiger partial charge in [-0.1, -0.05) is 46.5 Å². The standard InChI is InChI=1S/C17H26N2/c1-4-6-10-17(3,11-7-5-2)15-13-19-16-14(15)9-8-12-18-16/h8-9,12-13H,4-7,10-11H2,1-3H3,(H,18,19). The third-order valence-corrected chi connectivity index (χ3v) is 4.27. The molecule has 2 heterocycles. The Morgan fingerprint density at radius 1 is 1.16 bits per heavy atom. The molecule has 0 fully saturated rings. The largest absolute Gasteiger partial charge is 0.346 e. The Morgan fingerprint density at radius 3 is 2.47 bits per heavy atom. The Balaban J connectivity index is 2.36. The molecule has 0 bridgehead atoms. The minimum atomic E-state index is 0.285. The zero-order chi connectivity index (χ0) is 13.7. The van der Waals surface area contributed by atoms with Crippen LogP contribution in [0.1, 0.15) is 64.9 Å². The molecular formula is C17H26N2. The fourth-order valence-electron chi connectivity index (χ4n) is 2.98. The van der Waals surface area contributed by atoms with Crippen molar-refractivity contribution in [2.45, 2.75) is 64.7 Å². The number of rotatable bonds is 7. The average molecular weight is 258 g/mol. The van der Waals surface area contributed by atoms with Gasteiger partial charge in [0.15, 0.2) is 0 Å². The Morgan fingerprint density at radius 2 is 1.84 bits per heavy atom. The SMILES string of the molecule is CCCCC(C)(CCCC)c1c[nH]c2ncccc12. The highest BCUT2D eigenvalue weighted by atomic mass is 14.8. The van der Waals surface area contributed by atoms with Crippen molar-refractivity contribution in [1.29, 1.82) is 0 Å². The van der Waals surface area contributed by atoms with E-state index < -0.39 is 0 Å². The summed E-state index contributed by atoms with van der Waals surface area (Å²) in [5.41, 5.74) is 2.77. The van der Waals surface area contributed by atoms with E-state index in [2.05, 4.69) is 43.0 Å². The third kappa shape index (κ3) is 2.99. The number of hydrogen-bond acceptors (Lipinski definition) is 1. The molecule has 1 N–H and O–H groups in total. The van der Waals surface area contributed by atoms with Gasteiger partial charge in [-0.2, -0.15) is 0 Å². The van der Waals surface area contributed by atoms with Gasteiger partial charge in [0.25, 0.3) is 0 Å². The molecule has 0 aromatic carbocycles. The van der Waals surface area contributed by atoms with Gasteiger partial charge in [-0.3, -0.25) is 0 Å². The molecule has 0 spiro atoms. The van der Waals surface area contributed by atoms with E-state index >= 15 is 0 Å². The maximum absolute atomic E-state index is 4.42. The summed E-state index contributed by atoms with van der Waals surface area (Å²) in [7, 11) is 0. The number of hydrogen-bond donors (Lipinski definition) is 1. The maximum Gasteiger partial charge on any atom is 0.137 e. The molecule has 0 unspecified atom stereocenters. The van der Waals surface area contributed by atoms with Crippen LogP contribution in [0.4, 0.5) is 0 Å². The van der Waals surface area contributed by atoms with Gasteiger partial charge in [-0.15, -0.1) is 0 Å². The van der Waals surface area contributed by atoms with E-state index in [0.717, 1.165) is 5.65 Å². The normalized spacial score (nSPS) is 12.2. The van der Waals surface area contributed by atoms with Gasteiger partial charge in [-0.25, -0.2) is 4.98 Å². The van der Waals surface area contributed by atoms with Crippen LogP contribution in [-0.2, 0) is 5.41 Å². The van der Waals surface area contributed by atoms with Crippen LogP contribution in [0.25, 0.3) is 11.0 Å². The van der Waals surface area contributed by atoms with E-state index in [9.17, 15) is 0 Å². The summed E-state index contributed by atoms with van der Waals surface area (Å²) in [5.74, 6) is 0. The number of aromatic amines is 1. The van der Waals surface area contributed by atoms with Gasteiger partial charge in [0.05, 0.1) is 0 Å². The van der Waals surface area contributed by atoms with Gasteiger partial charge >= 0.3 is 0 Å². The van der Waals surface area contributed by atoms with E-state index in [1.807, 2.05) is 12.3 Å². The van der Waals surface area contributed by atoms with Crippen molar-refractivity contribution in [1.82, 2.24) is 9.97 Å². The van der Waals surface area contributed by atoms with E-state index in [-0.39, 0.29) is 5.41 Å². The molecule has 2 aromatic heterocycles. The lowest BCUT2D eigenvalue weighted by atomic mass is 9.74. The second-order valence-electron chi connectivity index (χ2n) is 5.87. The first kappa shape index (κ1) is 14.1. The number of pyridine rings is 1. The summed E-state index contributed by atoms with van der Waals surface area (Å²) in [5, 5.41) is 1.30. The molecule has 0 amide bonds. The Labute approximate surface area is 116 Å². The number of aromatic nitrogens is 2. The zero-order valence-corrected chi connectivity index (χ0v) is 12.5. The van der Waals surface area contributed by atoms with Crippen molar-refractivity contribution < 1.29 is 0 Å². The maximum atomic E-state index is 4.42. The topological polar surface area (TPSA) is 28.7 Å². The first-order valence-corrected chi connectivity index (χ1v) is 7.64. The second-order valence-corrected chi connectivity index (χ2v) is 5.87. The molecule has 0 radical (unpaired) electrons. The second kappa shape index (κ2) is 6.23. The first-order valence-electron chi connectivity index (χ1n) is 7.64. The van der Waals surface area contributed by atoms with Gasteiger partial charge in [0.2, 0.25) is 0 Å². The smallest absolute Gasteiger partial charge is 0.137 e. The number of nitrogens with zero attached hydrogens (tertiary/aromatic N) is 1. The highest BCUT2D eigenvalue weighted by molar-refractivity contribution is 5.80. The van der Waals surface area contributed by atoms with Crippen LogP contribution in [0.3, 0.4) is 0 Å². The van der Waals surface area contributed by atoms with E-state index in [0.29, 0.717) is 0 Å². The fourth-order valence-corrected chi connectivity index (χ4v) is 2.98. The molecule has 0 aliphatic rings. The molecule has 2 rings (SSSR count). The molecule has 2 heteroatoms. The molecule has 2 aromatic rings. The van der Waals surface area contributed by atoms with Crippen LogP contribution in [0.2, 0.25) is 0 Å². The lowest BCUT2D eigenvalue weighted by molar-refractivity contribution is 0.377. The molecule has 0 aliphatic carbocycles. The van der Waals surface area contributed by atoms with Crippen LogP contribution in [0, 0.1) is 0 Å². The van der Waals surface area contributed by atoms with E-state index in [1.165, 1.54) is 49.5 Å². The van der Waals surface area contributed by atoms with Crippen molar-refractivity contribution >= 4 is 11.0 Å². The fraction of sp³-hybridized carbons (Fsp3) is 0.588. The van der Waals surface area contributed by atoms with Crippen LogP contribution in [0.5, 0.6) is 0 Å². The monoisotopic (exact) mass is 258 g/mol. The van der Waals surface area contributed by atoms with Crippen LogP contribution in [-0.4, -0.2) is 9.97 Å². The highest BCUT2D eigenvalue weighted by Crippen LogP contribution is 2.38. The Kier molecular flexibility index (Phi) is 4.62. The number of unbranched alkanes of at least 4 members (excludes halogenated alkanes) is 2. The lowest BCUT2D eigenvalue weighted by Crippen LogP contribution is -2.21. The van der Waals surface area contributed by atoms with Crippen LogP contribution in [0.15, 0.2) is 24.5 Å². The molecule has 2 nitrogen and oxygen atoms in total. The lowest BCUT2D eigenvalue weighted by Gasteiger charge is -2.29. The summed E-state index contributed by atoms with van der Waals surface area (Å²) in [6.45, 7) is 6.97. The van der Waals surface area contributed by atoms with E-state index in [1.54, 1.807) is 0 Å². The van der Waals surface area contributed by atoms with E-state index in [4.69, 9.17) is 0 Å². The average Bonchev–Trinajstić information content (AvgIpc) is 2.87. The molecule has 0 atom stereocenters. The van der Waals surface area contributed by atoms with Crippen molar-refractivity contribution in [2.24, 2.45) is 0 Å². The van der Waals surface area contributed by atoms with Gasteiger partial charge < -0.3 is 4.98 Å². The molecule has 19 heavy (non-hydrogen) atoms. The van der Waals surface area contributed by atoms with Crippen molar-refractivity contribution in [3.8, 4) is 0 Å². The molecule has 104 valence electrons. The predicted octanol–water partition coefficient (Wildman–Crippen LogP) is 5.20. The third-order valence-electron chi connectivity index (χ3n) is 4.27. The minimum Gasteiger partial charge on any atom is -0.346 e. The van der Waals surface area contributed by atoms with Gasteiger partial charge in [-0.05, 0) is 36.0 Å². The zero-order valence-electron chi connectivity index (χ0n) is 12.5. The predicted molar refractivity (Wildman–Crippen MR) is 82.5 cm³/mol. The minimum absolute atomic E-state index is 0.285. The van der Waals surface area contributed by atoms with Crippen LogP contribution < -0.4 is 0 Å². The molecule has 0 saturated carbocycles. The highest BCUT2D eigenvalue weighted by Gasteiger charge is 2.28. The van der Waals surface area contributed by atoms with Crippen molar-refractivity contribution in [3.63, 3.8) is 0 Å². The summed E-state index contributed by atoms with van der Waals surface area (Å²) in [4.78, 5) is 7.76. The van der Waals surface area contributed by atoms with Crippen LogP contribution >= 0.6 is 0 Å². The first-order chi connectivity index (χ1) is 9.21. The van der Waals surface area contributed by atoms with Gasteiger partial charge in [0, 0.05) is 17.8 Å². The number of fused-ring (bicyclic) bond motifs is 1. The van der Waals surface area contributed by atoms with Crippen molar-refractivity contribution in [3.05, 3.63) is 30.1 Å². The summed E-state index contributed by atoms with van der Waals surface area (Å²) in [6, 6.07) is 4.24. The van der Waals surface area contributed by atoms with Crippen molar-refractivity contribution in [2.75, 3.05) is 0 Å². The quantitative estimate of drug-likeness (QED) is 0.726. The Hall–Kier alpha value is -1.31. The summed E-state index contributed by atoms with van der Waals surface area (Å²) < 4.78 is 0. The summed E-state index contributed by atoms with van der Waals surface area (Å²) in [6.07, 6.45) is 11.7. The number of nitrogens with one attached hydrogen (secondary N) is 1. The van der Waals surface area contributed by atoms with Gasteiger partial charge in [0.1, 0.15) is 5.65 Å².